The number of hydrogen-bond acceptors (Lipinski definition) is 2. The van der Waals surface area contributed by atoms with Gasteiger partial charge in [-0.05, 0) is 57.2 Å². The highest BCUT2D eigenvalue weighted by Gasteiger charge is 2.15. The van der Waals surface area contributed by atoms with Crippen molar-refractivity contribution in [3.63, 3.8) is 0 Å². The van der Waals surface area contributed by atoms with Crippen molar-refractivity contribution < 1.29 is 9.53 Å². The number of amides is 1. The van der Waals surface area contributed by atoms with Gasteiger partial charge in [-0.25, -0.2) is 0 Å². The lowest BCUT2D eigenvalue weighted by molar-refractivity contribution is 0.0919. The molecule has 3 heteroatoms. The van der Waals surface area contributed by atoms with Crippen molar-refractivity contribution in [3.05, 3.63) is 60.2 Å². The average Bonchev–Trinajstić information content (AvgIpc) is 2.39. The van der Waals surface area contributed by atoms with Crippen molar-refractivity contribution >= 4 is 5.91 Å². The van der Waals surface area contributed by atoms with Crippen LogP contribution in [-0.4, -0.2) is 11.4 Å². The van der Waals surface area contributed by atoms with Crippen LogP contribution < -0.4 is 10.1 Å². The van der Waals surface area contributed by atoms with Crippen LogP contribution >= 0.6 is 0 Å². The summed E-state index contributed by atoms with van der Waals surface area (Å²) in [7, 11) is 0. The largest absolute Gasteiger partial charge is 0.457 e. The highest BCUT2D eigenvalue weighted by atomic mass is 16.5. The summed E-state index contributed by atoms with van der Waals surface area (Å²) in [5.74, 6) is 1.41. The second-order valence-electron chi connectivity index (χ2n) is 5.64. The van der Waals surface area contributed by atoms with E-state index in [9.17, 15) is 4.79 Å². The molecule has 1 amide bonds. The van der Waals surface area contributed by atoms with Gasteiger partial charge in [-0.1, -0.05) is 18.2 Å². The zero-order chi connectivity index (χ0) is 14.6. The summed E-state index contributed by atoms with van der Waals surface area (Å²) in [5.41, 5.74) is 0.386. The fraction of sp³-hybridized carbons (Fsp3) is 0.235. The van der Waals surface area contributed by atoms with E-state index in [1.807, 2.05) is 51.1 Å². The Morgan fingerprint density at radius 1 is 0.900 bits per heavy atom. The van der Waals surface area contributed by atoms with Gasteiger partial charge < -0.3 is 10.1 Å². The summed E-state index contributed by atoms with van der Waals surface area (Å²) in [6.07, 6.45) is 0. The van der Waals surface area contributed by atoms with Crippen LogP contribution in [-0.2, 0) is 0 Å². The fourth-order valence-electron chi connectivity index (χ4n) is 1.71. The normalized spacial score (nSPS) is 10.9. The quantitative estimate of drug-likeness (QED) is 0.914. The van der Waals surface area contributed by atoms with E-state index in [-0.39, 0.29) is 11.4 Å². The van der Waals surface area contributed by atoms with Gasteiger partial charge in [0.2, 0.25) is 0 Å². The van der Waals surface area contributed by atoms with Gasteiger partial charge in [0.25, 0.3) is 5.91 Å². The molecule has 0 aliphatic heterocycles. The van der Waals surface area contributed by atoms with Crippen LogP contribution in [0.25, 0.3) is 0 Å². The van der Waals surface area contributed by atoms with Crippen LogP contribution in [0.3, 0.4) is 0 Å². The number of carbonyl (C=O) groups is 1. The second-order valence-corrected chi connectivity index (χ2v) is 5.64. The molecule has 0 unspecified atom stereocenters. The molecule has 0 aliphatic carbocycles. The van der Waals surface area contributed by atoms with Gasteiger partial charge in [0.1, 0.15) is 11.5 Å². The summed E-state index contributed by atoms with van der Waals surface area (Å²) in [6.45, 7) is 5.87. The standard InChI is InChI=1S/C17H19NO2/c1-17(2,3)18-16(19)13-9-11-15(12-10-13)20-14-7-5-4-6-8-14/h4-12H,1-3H3,(H,18,19). The minimum Gasteiger partial charge on any atom is -0.457 e. The van der Waals surface area contributed by atoms with Gasteiger partial charge in [-0.3, -0.25) is 4.79 Å². The second kappa shape index (κ2) is 5.78. The average molecular weight is 269 g/mol. The topological polar surface area (TPSA) is 38.3 Å². The lowest BCUT2D eigenvalue weighted by Gasteiger charge is -2.20. The van der Waals surface area contributed by atoms with E-state index in [1.165, 1.54) is 0 Å². The molecule has 2 aromatic rings. The van der Waals surface area contributed by atoms with Crippen molar-refractivity contribution in [2.75, 3.05) is 0 Å². The Balaban J connectivity index is 2.05. The van der Waals surface area contributed by atoms with Gasteiger partial charge in [0.05, 0.1) is 0 Å². The molecule has 0 bridgehead atoms. The lowest BCUT2D eigenvalue weighted by Crippen LogP contribution is -2.40. The van der Waals surface area contributed by atoms with Crippen LogP contribution in [0.2, 0.25) is 0 Å². The van der Waals surface area contributed by atoms with E-state index < -0.39 is 0 Å². The highest BCUT2D eigenvalue weighted by molar-refractivity contribution is 5.94. The van der Waals surface area contributed by atoms with Gasteiger partial charge in [-0.15, -0.1) is 0 Å². The third kappa shape index (κ3) is 4.12. The number of benzene rings is 2. The maximum atomic E-state index is 12.0. The van der Waals surface area contributed by atoms with E-state index in [4.69, 9.17) is 4.74 Å². The summed E-state index contributed by atoms with van der Waals surface area (Å²) in [5, 5.41) is 2.92. The Labute approximate surface area is 119 Å². The Bertz CT molecular complexity index is 568. The lowest BCUT2D eigenvalue weighted by atomic mass is 10.1. The summed E-state index contributed by atoms with van der Waals surface area (Å²) in [6, 6.07) is 16.7. The zero-order valence-electron chi connectivity index (χ0n) is 12.0. The van der Waals surface area contributed by atoms with Gasteiger partial charge in [-0.2, -0.15) is 0 Å². The smallest absolute Gasteiger partial charge is 0.251 e. The third-order valence-electron chi connectivity index (χ3n) is 2.58. The maximum Gasteiger partial charge on any atom is 0.251 e. The molecule has 0 aromatic heterocycles. The summed E-state index contributed by atoms with van der Waals surface area (Å²) in [4.78, 5) is 12.0. The van der Waals surface area contributed by atoms with Crippen molar-refractivity contribution in [2.45, 2.75) is 26.3 Å². The first-order valence-electron chi connectivity index (χ1n) is 6.59. The van der Waals surface area contributed by atoms with E-state index in [0.717, 1.165) is 5.75 Å². The first kappa shape index (κ1) is 14.1. The van der Waals surface area contributed by atoms with E-state index in [2.05, 4.69) is 5.32 Å². The molecule has 0 heterocycles. The van der Waals surface area contributed by atoms with Crippen LogP contribution in [0.4, 0.5) is 0 Å². The Morgan fingerprint density at radius 2 is 1.45 bits per heavy atom. The van der Waals surface area contributed by atoms with Crippen molar-refractivity contribution in [1.82, 2.24) is 5.32 Å². The number of rotatable bonds is 3. The molecular weight excluding hydrogens is 250 g/mol. The molecule has 0 spiro atoms. The zero-order valence-corrected chi connectivity index (χ0v) is 12.0. The third-order valence-corrected chi connectivity index (χ3v) is 2.58. The maximum absolute atomic E-state index is 12.0. The summed E-state index contributed by atoms with van der Waals surface area (Å²) < 4.78 is 5.68. The molecule has 2 aromatic carbocycles. The molecule has 0 saturated carbocycles. The van der Waals surface area contributed by atoms with Crippen LogP contribution in [0.5, 0.6) is 11.5 Å². The molecule has 0 saturated heterocycles. The monoisotopic (exact) mass is 269 g/mol. The predicted molar refractivity (Wildman–Crippen MR) is 80.2 cm³/mol. The minimum absolute atomic E-state index is 0.0799. The molecule has 0 fully saturated rings. The molecular formula is C17H19NO2. The van der Waals surface area contributed by atoms with Crippen LogP contribution in [0.1, 0.15) is 31.1 Å². The van der Waals surface area contributed by atoms with Crippen LogP contribution in [0, 0.1) is 0 Å². The molecule has 0 atom stereocenters. The fourth-order valence-corrected chi connectivity index (χ4v) is 1.71. The predicted octanol–water partition coefficient (Wildman–Crippen LogP) is 4.01. The Morgan fingerprint density at radius 3 is 2.00 bits per heavy atom. The SMILES string of the molecule is CC(C)(C)NC(=O)c1ccc(Oc2ccccc2)cc1. The van der Waals surface area contributed by atoms with Crippen molar-refractivity contribution in [1.29, 1.82) is 0 Å². The number of nitrogens with one attached hydrogen (secondary N) is 1. The van der Waals surface area contributed by atoms with E-state index in [1.54, 1.807) is 24.3 Å². The first-order valence-corrected chi connectivity index (χ1v) is 6.59. The Hall–Kier alpha value is -2.29. The van der Waals surface area contributed by atoms with Crippen LogP contribution in [0.15, 0.2) is 54.6 Å². The molecule has 3 nitrogen and oxygen atoms in total. The first-order chi connectivity index (χ1) is 9.44. The molecule has 20 heavy (non-hydrogen) atoms. The van der Waals surface area contributed by atoms with E-state index in [0.29, 0.717) is 11.3 Å². The molecule has 0 aliphatic rings. The number of hydrogen-bond donors (Lipinski definition) is 1. The highest BCUT2D eigenvalue weighted by Crippen LogP contribution is 2.21. The van der Waals surface area contributed by atoms with Gasteiger partial charge in [0, 0.05) is 11.1 Å². The van der Waals surface area contributed by atoms with Crippen molar-refractivity contribution in [3.8, 4) is 11.5 Å². The van der Waals surface area contributed by atoms with Crippen molar-refractivity contribution in [2.24, 2.45) is 0 Å². The van der Waals surface area contributed by atoms with Gasteiger partial charge >= 0.3 is 0 Å². The summed E-state index contributed by atoms with van der Waals surface area (Å²) >= 11 is 0. The molecule has 104 valence electrons. The van der Waals surface area contributed by atoms with E-state index >= 15 is 0 Å². The molecule has 1 N–H and O–H groups in total. The number of ether oxygens (including phenoxy) is 1. The number of para-hydroxylation sites is 1. The minimum atomic E-state index is -0.240. The number of carbonyl (C=O) groups excluding carboxylic acids is 1. The van der Waals surface area contributed by atoms with Gasteiger partial charge in [0.15, 0.2) is 0 Å². The Kier molecular flexibility index (Phi) is 4.08. The molecule has 0 radical (unpaired) electrons. The molecule has 2 rings (SSSR count).